The summed E-state index contributed by atoms with van der Waals surface area (Å²) in [5.41, 5.74) is 10.5. The predicted molar refractivity (Wildman–Crippen MR) is 116 cm³/mol. The Bertz CT molecular complexity index is 985. The molecular weight excluding hydrogens is 364 g/mol. The van der Waals surface area contributed by atoms with Gasteiger partial charge in [-0.25, -0.2) is 0 Å². The highest BCUT2D eigenvalue weighted by Crippen LogP contribution is 2.28. The van der Waals surface area contributed by atoms with E-state index in [4.69, 9.17) is 15.2 Å². The minimum atomic E-state index is -0.0935. The predicted octanol–water partition coefficient (Wildman–Crippen LogP) is 4.19. The fraction of sp³-hybridized carbons (Fsp3) is 0.208. The Kier molecular flexibility index (Phi) is 6.87. The molecule has 0 bridgehead atoms. The molecule has 0 saturated heterocycles. The molecule has 3 aromatic rings. The summed E-state index contributed by atoms with van der Waals surface area (Å²) in [7, 11) is 1.57. The van der Waals surface area contributed by atoms with Crippen molar-refractivity contribution in [2.24, 2.45) is 5.73 Å². The van der Waals surface area contributed by atoms with Crippen LogP contribution in [0.5, 0.6) is 11.5 Å². The van der Waals surface area contributed by atoms with Crippen molar-refractivity contribution >= 4 is 11.6 Å². The number of amides is 1. The van der Waals surface area contributed by atoms with Gasteiger partial charge >= 0.3 is 0 Å². The first-order valence-electron chi connectivity index (χ1n) is 9.56. The Hall–Kier alpha value is -3.31. The van der Waals surface area contributed by atoms with Crippen molar-refractivity contribution in [1.82, 2.24) is 0 Å². The van der Waals surface area contributed by atoms with E-state index in [1.54, 1.807) is 13.2 Å². The molecule has 3 N–H and O–H groups in total. The number of nitrogens with two attached hydrogens (primary N) is 1. The highest BCUT2D eigenvalue weighted by Gasteiger charge is 2.10. The van der Waals surface area contributed by atoms with Crippen molar-refractivity contribution in [3.63, 3.8) is 0 Å². The van der Waals surface area contributed by atoms with Crippen molar-refractivity contribution in [1.29, 1.82) is 0 Å². The highest BCUT2D eigenvalue weighted by atomic mass is 16.5. The van der Waals surface area contributed by atoms with Gasteiger partial charge in [0.15, 0.2) is 11.5 Å². The summed E-state index contributed by atoms with van der Waals surface area (Å²) in [4.78, 5) is 12.5. The van der Waals surface area contributed by atoms with E-state index in [9.17, 15) is 4.79 Å². The molecule has 0 radical (unpaired) electrons. The van der Waals surface area contributed by atoms with Crippen LogP contribution in [0, 0.1) is 6.92 Å². The largest absolute Gasteiger partial charge is 0.493 e. The molecule has 0 heterocycles. The molecule has 0 aromatic heterocycles. The maximum Gasteiger partial charge on any atom is 0.228 e. The molecule has 0 aliphatic heterocycles. The van der Waals surface area contributed by atoms with Crippen LogP contribution in [0.2, 0.25) is 0 Å². The molecule has 0 unspecified atom stereocenters. The topological polar surface area (TPSA) is 73.6 Å². The number of benzene rings is 3. The zero-order valence-corrected chi connectivity index (χ0v) is 16.8. The van der Waals surface area contributed by atoms with E-state index in [2.05, 4.69) is 30.4 Å². The Morgan fingerprint density at radius 3 is 2.45 bits per heavy atom. The first kappa shape index (κ1) is 20.4. The lowest BCUT2D eigenvalue weighted by Crippen LogP contribution is -2.14. The molecule has 3 rings (SSSR count). The number of ether oxygens (including phenoxy) is 2. The van der Waals surface area contributed by atoms with E-state index in [0.29, 0.717) is 24.7 Å². The summed E-state index contributed by atoms with van der Waals surface area (Å²) in [5.74, 6) is 1.11. The maximum absolute atomic E-state index is 12.5. The zero-order chi connectivity index (χ0) is 20.6. The van der Waals surface area contributed by atoms with E-state index >= 15 is 0 Å². The van der Waals surface area contributed by atoms with Crippen molar-refractivity contribution in [3.8, 4) is 22.6 Å². The van der Waals surface area contributed by atoms with Gasteiger partial charge in [0.1, 0.15) is 6.61 Å². The number of rotatable bonds is 8. The molecule has 0 saturated carbocycles. The summed E-state index contributed by atoms with van der Waals surface area (Å²) >= 11 is 0. The van der Waals surface area contributed by atoms with Crippen molar-refractivity contribution < 1.29 is 14.3 Å². The summed E-state index contributed by atoms with van der Waals surface area (Å²) < 4.78 is 10.9. The van der Waals surface area contributed by atoms with Crippen LogP contribution in [0.1, 0.15) is 11.1 Å². The third-order valence-electron chi connectivity index (χ3n) is 4.47. The normalized spacial score (nSPS) is 10.4. The number of methoxy groups -OCH3 is 1. The van der Waals surface area contributed by atoms with Gasteiger partial charge in [-0.1, -0.05) is 48.0 Å². The molecule has 0 aliphatic rings. The maximum atomic E-state index is 12.5. The fourth-order valence-electron chi connectivity index (χ4n) is 3.10. The van der Waals surface area contributed by atoms with Crippen LogP contribution in [-0.2, 0) is 11.2 Å². The molecule has 0 spiro atoms. The van der Waals surface area contributed by atoms with Gasteiger partial charge in [-0.3, -0.25) is 4.79 Å². The van der Waals surface area contributed by atoms with Crippen LogP contribution < -0.4 is 20.5 Å². The summed E-state index contributed by atoms with van der Waals surface area (Å²) in [5, 5.41) is 2.97. The second-order valence-corrected chi connectivity index (χ2v) is 6.80. The zero-order valence-electron chi connectivity index (χ0n) is 16.8. The van der Waals surface area contributed by atoms with Crippen LogP contribution in [0.3, 0.4) is 0 Å². The first-order chi connectivity index (χ1) is 14.1. The molecule has 1 amide bonds. The van der Waals surface area contributed by atoms with Crippen LogP contribution in [0.25, 0.3) is 11.1 Å². The molecule has 150 valence electrons. The fourth-order valence-corrected chi connectivity index (χ4v) is 3.10. The van der Waals surface area contributed by atoms with Crippen LogP contribution in [0.15, 0.2) is 66.7 Å². The lowest BCUT2D eigenvalue weighted by molar-refractivity contribution is -0.115. The average molecular weight is 390 g/mol. The molecule has 0 aliphatic carbocycles. The highest BCUT2D eigenvalue weighted by molar-refractivity contribution is 5.93. The van der Waals surface area contributed by atoms with Crippen LogP contribution in [0.4, 0.5) is 5.69 Å². The Labute approximate surface area is 171 Å². The Morgan fingerprint density at radius 1 is 0.966 bits per heavy atom. The lowest BCUT2D eigenvalue weighted by Gasteiger charge is -2.12. The number of anilines is 1. The minimum Gasteiger partial charge on any atom is -0.493 e. The summed E-state index contributed by atoms with van der Waals surface area (Å²) in [6.07, 6.45) is 0.238. The van der Waals surface area contributed by atoms with Gasteiger partial charge < -0.3 is 20.5 Å². The van der Waals surface area contributed by atoms with E-state index in [1.165, 1.54) is 5.56 Å². The van der Waals surface area contributed by atoms with Gasteiger partial charge in [0, 0.05) is 12.2 Å². The first-order valence-corrected chi connectivity index (χ1v) is 9.56. The minimum absolute atomic E-state index is 0.0935. The third-order valence-corrected chi connectivity index (χ3v) is 4.47. The number of hydrogen-bond donors (Lipinski definition) is 2. The second-order valence-electron chi connectivity index (χ2n) is 6.80. The third kappa shape index (κ3) is 5.59. The molecule has 3 aromatic carbocycles. The monoisotopic (exact) mass is 390 g/mol. The quantitative estimate of drug-likeness (QED) is 0.605. The van der Waals surface area contributed by atoms with E-state index in [-0.39, 0.29) is 12.3 Å². The molecule has 0 atom stereocenters. The van der Waals surface area contributed by atoms with Crippen molar-refractivity contribution in [2.75, 3.05) is 25.6 Å². The van der Waals surface area contributed by atoms with E-state index in [1.807, 2.05) is 42.5 Å². The lowest BCUT2D eigenvalue weighted by atomic mass is 10.0. The Balaban J connectivity index is 1.69. The van der Waals surface area contributed by atoms with Crippen molar-refractivity contribution in [3.05, 3.63) is 77.9 Å². The van der Waals surface area contributed by atoms with Gasteiger partial charge in [0.25, 0.3) is 0 Å². The number of nitrogens with one attached hydrogen (secondary N) is 1. The number of carbonyl (C=O) groups is 1. The second kappa shape index (κ2) is 9.75. The number of hydrogen-bond acceptors (Lipinski definition) is 4. The van der Waals surface area contributed by atoms with Crippen molar-refractivity contribution in [2.45, 2.75) is 13.3 Å². The van der Waals surface area contributed by atoms with Gasteiger partial charge in [0.05, 0.1) is 13.5 Å². The van der Waals surface area contributed by atoms with E-state index in [0.717, 1.165) is 22.4 Å². The molecule has 29 heavy (non-hydrogen) atoms. The van der Waals surface area contributed by atoms with Gasteiger partial charge in [-0.2, -0.15) is 0 Å². The van der Waals surface area contributed by atoms with Gasteiger partial charge in [-0.05, 0) is 47.9 Å². The Morgan fingerprint density at radius 2 is 1.72 bits per heavy atom. The van der Waals surface area contributed by atoms with Gasteiger partial charge in [-0.15, -0.1) is 0 Å². The molecule has 0 fully saturated rings. The van der Waals surface area contributed by atoms with E-state index < -0.39 is 0 Å². The number of aryl methyl sites for hydroxylation is 1. The summed E-state index contributed by atoms with van der Waals surface area (Å²) in [6.45, 7) is 2.90. The van der Waals surface area contributed by atoms with Crippen LogP contribution >= 0.6 is 0 Å². The standard InChI is InChI=1S/C24H26N2O3/c1-17-5-3-6-19(13-17)20-7-4-8-21(16-20)26-24(27)15-18-9-10-22(29-12-11-25)23(14-18)28-2/h3-10,13-14,16H,11-12,15,25H2,1-2H3,(H,26,27). The van der Waals surface area contributed by atoms with Crippen LogP contribution in [-0.4, -0.2) is 26.2 Å². The summed E-state index contributed by atoms with van der Waals surface area (Å²) in [6, 6.07) is 21.6. The number of carbonyl (C=O) groups excluding carboxylic acids is 1. The SMILES string of the molecule is COc1cc(CC(=O)Nc2cccc(-c3cccc(C)c3)c2)ccc1OCCN. The molecule has 5 heteroatoms. The molecular formula is C24H26N2O3. The molecule has 5 nitrogen and oxygen atoms in total. The van der Waals surface area contributed by atoms with Gasteiger partial charge in [0.2, 0.25) is 5.91 Å². The average Bonchev–Trinajstić information content (AvgIpc) is 2.72. The smallest absolute Gasteiger partial charge is 0.228 e.